The highest BCUT2D eigenvalue weighted by Crippen LogP contribution is 2.10. The van der Waals surface area contributed by atoms with Crippen LogP contribution in [0.3, 0.4) is 0 Å². The van der Waals surface area contributed by atoms with E-state index in [0.717, 1.165) is 11.3 Å². The summed E-state index contributed by atoms with van der Waals surface area (Å²) in [5, 5.41) is 7.00. The lowest BCUT2D eigenvalue weighted by molar-refractivity contribution is -0.118. The van der Waals surface area contributed by atoms with Crippen LogP contribution in [0.4, 0.5) is 5.69 Å². The van der Waals surface area contributed by atoms with Crippen LogP contribution in [0.5, 0.6) is 0 Å². The number of amides is 1. The average Bonchev–Trinajstić information content (AvgIpc) is 2.57. The first-order valence-corrected chi connectivity index (χ1v) is 5.20. The monoisotopic (exact) mass is 218 g/mol. The van der Waals surface area contributed by atoms with Crippen LogP contribution in [-0.2, 0) is 4.79 Å². The molecule has 0 aromatic carbocycles. The lowest BCUT2D eigenvalue weighted by Gasteiger charge is -2.07. The van der Waals surface area contributed by atoms with E-state index in [1.807, 2.05) is 32.9 Å². The molecule has 0 saturated carbocycles. The van der Waals surface area contributed by atoms with Gasteiger partial charge in [-0.3, -0.25) is 4.79 Å². The van der Waals surface area contributed by atoms with Gasteiger partial charge in [-0.15, -0.1) is 0 Å². The number of fused-ring (bicyclic) bond motifs is 1. The van der Waals surface area contributed by atoms with Gasteiger partial charge in [-0.25, -0.2) is 9.50 Å². The van der Waals surface area contributed by atoms with Gasteiger partial charge in [0.1, 0.15) is 5.82 Å². The number of nitrogens with zero attached hydrogens (tertiary/aromatic N) is 3. The molecule has 0 atom stereocenters. The Morgan fingerprint density at radius 1 is 1.44 bits per heavy atom. The topological polar surface area (TPSA) is 59.3 Å². The van der Waals surface area contributed by atoms with Crippen LogP contribution in [0, 0.1) is 12.8 Å². The third-order valence-corrected chi connectivity index (χ3v) is 2.23. The van der Waals surface area contributed by atoms with Gasteiger partial charge in [0.15, 0.2) is 5.65 Å². The molecule has 2 aromatic rings. The normalized spacial score (nSPS) is 11.0. The standard InChI is InChI=1S/C11H14N4O/c1-7(2)11(16)13-9-4-5-10-12-8(3)14-15(10)6-9/h4-7H,1-3H3,(H,13,16). The smallest absolute Gasteiger partial charge is 0.226 e. The van der Waals surface area contributed by atoms with Crippen molar-refractivity contribution in [1.29, 1.82) is 0 Å². The molecule has 1 N–H and O–H groups in total. The lowest BCUT2D eigenvalue weighted by atomic mass is 10.2. The molecule has 0 saturated heterocycles. The van der Waals surface area contributed by atoms with Crippen LogP contribution >= 0.6 is 0 Å². The Labute approximate surface area is 93.5 Å². The molecule has 2 aromatic heterocycles. The fourth-order valence-corrected chi connectivity index (χ4v) is 1.35. The number of pyridine rings is 1. The van der Waals surface area contributed by atoms with Gasteiger partial charge in [0.2, 0.25) is 5.91 Å². The molecule has 0 unspecified atom stereocenters. The minimum atomic E-state index is -0.0341. The van der Waals surface area contributed by atoms with E-state index in [1.54, 1.807) is 10.7 Å². The van der Waals surface area contributed by atoms with Crippen LogP contribution in [0.1, 0.15) is 19.7 Å². The maximum Gasteiger partial charge on any atom is 0.226 e. The first kappa shape index (κ1) is 10.6. The highest BCUT2D eigenvalue weighted by atomic mass is 16.1. The van der Waals surface area contributed by atoms with Gasteiger partial charge in [-0.2, -0.15) is 5.10 Å². The fraction of sp³-hybridized carbons (Fsp3) is 0.364. The van der Waals surface area contributed by atoms with Crippen LogP contribution in [0.2, 0.25) is 0 Å². The number of carbonyl (C=O) groups is 1. The first-order chi connectivity index (χ1) is 7.56. The highest BCUT2D eigenvalue weighted by Gasteiger charge is 2.07. The van der Waals surface area contributed by atoms with E-state index >= 15 is 0 Å². The predicted molar refractivity (Wildman–Crippen MR) is 61.2 cm³/mol. The largest absolute Gasteiger partial charge is 0.325 e. The molecular formula is C11H14N4O. The summed E-state index contributed by atoms with van der Waals surface area (Å²) >= 11 is 0. The number of anilines is 1. The summed E-state index contributed by atoms with van der Waals surface area (Å²) in [6.07, 6.45) is 1.76. The quantitative estimate of drug-likeness (QED) is 0.833. The van der Waals surface area contributed by atoms with Crippen molar-refractivity contribution in [2.45, 2.75) is 20.8 Å². The molecule has 0 bridgehead atoms. The van der Waals surface area contributed by atoms with Crippen molar-refractivity contribution >= 4 is 17.2 Å². The Balaban J connectivity index is 2.29. The molecule has 2 rings (SSSR count). The number of aromatic nitrogens is 3. The highest BCUT2D eigenvalue weighted by molar-refractivity contribution is 5.91. The predicted octanol–water partition coefficient (Wildman–Crippen LogP) is 1.63. The number of rotatable bonds is 2. The van der Waals surface area contributed by atoms with E-state index in [-0.39, 0.29) is 11.8 Å². The molecule has 0 radical (unpaired) electrons. The molecule has 0 fully saturated rings. The molecule has 84 valence electrons. The third kappa shape index (κ3) is 2.03. The van der Waals surface area contributed by atoms with Crippen molar-refractivity contribution in [3.63, 3.8) is 0 Å². The van der Waals surface area contributed by atoms with E-state index in [2.05, 4.69) is 15.4 Å². The molecule has 5 heteroatoms. The second kappa shape index (κ2) is 3.92. The minimum absolute atomic E-state index is 0.00353. The van der Waals surface area contributed by atoms with Crippen molar-refractivity contribution in [3.8, 4) is 0 Å². The Morgan fingerprint density at radius 3 is 2.88 bits per heavy atom. The van der Waals surface area contributed by atoms with E-state index in [4.69, 9.17) is 0 Å². The van der Waals surface area contributed by atoms with Gasteiger partial charge in [0, 0.05) is 5.92 Å². The molecule has 5 nitrogen and oxygen atoms in total. The summed E-state index contributed by atoms with van der Waals surface area (Å²) in [6.45, 7) is 5.54. The van der Waals surface area contributed by atoms with E-state index in [9.17, 15) is 4.79 Å². The Bertz CT molecular complexity index is 530. The molecular weight excluding hydrogens is 204 g/mol. The third-order valence-electron chi connectivity index (χ3n) is 2.23. The van der Waals surface area contributed by atoms with Crippen LogP contribution < -0.4 is 5.32 Å². The van der Waals surface area contributed by atoms with Crippen molar-refractivity contribution in [3.05, 3.63) is 24.2 Å². The summed E-state index contributed by atoms with van der Waals surface area (Å²) < 4.78 is 1.66. The van der Waals surface area contributed by atoms with Gasteiger partial charge in [0.05, 0.1) is 11.9 Å². The second-order valence-corrected chi connectivity index (χ2v) is 4.02. The van der Waals surface area contributed by atoms with Crippen LogP contribution in [0.25, 0.3) is 5.65 Å². The molecule has 0 aliphatic rings. The van der Waals surface area contributed by atoms with Gasteiger partial charge >= 0.3 is 0 Å². The molecule has 1 amide bonds. The van der Waals surface area contributed by atoms with Gasteiger partial charge in [-0.05, 0) is 19.1 Å². The number of aryl methyl sites for hydroxylation is 1. The molecule has 0 aliphatic carbocycles. The average molecular weight is 218 g/mol. The van der Waals surface area contributed by atoms with Crippen molar-refractivity contribution in [2.75, 3.05) is 5.32 Å². The van der Waals surface area contributed by atoms with Crippen molar-refractivity contribution < 1.29 is 4.79 Å². The molecule has 0 aliphatic heterocycles. The minimum Gasteiger partial charge on any atom is -0.325 e. The maximum absolute atomic E-state index is 11.5. The zero-order valence-electron chi connectivity index (χ0n) is 9.56. The zero-order valence-corrected chi connectivity index (χ0v) is 9.56. The molecule has 0 spiro atoms. The van der Waals surface area contributed by atoms with Crippen LogP contribution in [-0.4, -0.2) is 20.5 Å². The van der Waals surface area contributed by atoms with E-state index < -0.39 is 0 Å². The summed E-state index contributed by atoms with van der Waals surface area (Å²) in [7, 11) is 0. The van der Waals surface area contributed by atoms with Crippen molar-refractivity contribution in [1.82, 2.24) is 14.6 Å². The summed E-state index contributed by atoms with van der Waals surface area (Å²) in [5.41, 5.74) is 1.51. The second-order valence-electron chi connectivity index (χ2n) is 4.02. The van der Waals surface area contributed by atoms with E-state index in [1.165, 1.54) is 0 Å². The number of hydrogen-bond donors (Lipinski definition) is 1. The fourth-order valence-electron chi connectivity index (χ4n) is 1.35. The zero-order chi connectivity index (χ0) is 11.7. The molecule has 2 heterocycles. The summed E-state index contributed by atoms with van der Waals surface area (Å²) in [4.78, 5) is 15.7. The van der Waals surface area contributed by atoms with Crippen LogP contribution in [0.15, 0.2) is 18.3 Å². The van der Waals surface area contributed by atoms with Gasteiger partial charge in [0.25, 0.3) is 0 Å². The number of hydrogen-bond acceptors (Lipinski definition) is 3. The lowest BCUT2D eigenvalue weighted by Crippen LogP contribution is -2.17. The van der Waals surface area contributed by atoms with Gasteiger partial charge in [-0.1, -0.05) is 13.8 Å². The first-order valence-electron chi connectivity index (χ1n) is 5.20. The summed E-state index contributed by atoms with van der Waals surface area (Å²) in [5.74, 6) is 0.678. The maximum atomic E-state index is 11.5. The SMILES string of the molecule is Cc1nc2ccc(NC(=O)C(C)C)cn2n1. The Kier molecular flexibility index (Phi) is 2.60. The summed E-state index contributed by atoms with van der Waals surface area (Å²) in [6, 6.07) is 3.65. The van der Waals surface area contributed by atoms with Gasteiger partial charge < -0.3 is 5.32 Å². The number of nitrogens with one attached hydrogen (secondary N) is 1. The van der Waals surface area contributed by atoms with E-state index in [0.29, 0.717) is 5.82 Å². The molecule has 16 heavy (non-hydrogen) atoms. The number of carbonyl (C=O) groups excluding carboxylic acids is 1. The Morgan fingerprint density at radius 2 is 2.19 bits per heavy atom. The Hall–Kier alpha value is -1.91. The van der Waals surface area contributed by atoms with Crippen molar-refractivity contribution in [2.24, 2.45) is 5.92 Å².